The van der Waals surface area contributed by atoms with E-state index >= 15 is 0 Å². The van der Waals surface area contributed by atoms with Gasteiger partial charge in [-0.25, -0.2) is 0 Å². The lowest BCUT2D eigenvalue weighted by Crippen LogP contribution is -2.25. The molecule has 4 heteroatoms. The number of oxime groups is 1. The molecule has 0 aliphatic heterocycles. The van der Waals surface area contributed by atoms with Crippen molar-refractivity contribution in [2.45, 2.75) is 25.8 Å². The molecule has 86 valence electrons. The van der Waals surface area contributed by atoms with Crippen molar-refractivity contribution in [3.05, 3.63) is 29.8 Å². The van der Waals surface area contributed by atoms with Crippen LogP contribution in [0.2, 0.25) is 0 Å². The first kappa shape index (κ1) is 10.8. The van der Waals surface area contributed by atoms with Crippen LogP contribution in [-0.4, -0.2) is 23.6 Å². The number of hydrogen-bond acceptors (Lipinski definition) is 3. The molecular weight excluding hydrogens is 202 g/mol. The lowest BCUT2D eigenvalue weighted by molar-refractivity contribution is 0.318. The van der Waals surface area contributed by atoms with Gasteiger partial charge in [-0.1, -0.05) is 5.16 Å². The summed E-state index contributed by atoms with van der Waals surface area (Å²) in [5.74, 6) is 0.154. The molecule has 3 N–H and O–H groups in total. The number of amidine groups is 1. The first-order chi connectivity index (χ1) is 7.76. The van der Waals surface area contributed by atoms with Crippen LogP contribution in [-0.2, 0) is 0 Å². The third-order valence-electron chi connectivity index (χ3n) is 2.93. The van der Waals surface area contributed by atoms with Gasteiger partial charge in [-0.2, -0.15) is 0 Å². The lowest BCUT2D eigenvalue weighted by Gasteiger charge is -2.22. The minimum Gasteiger partial charge on any atom is -0.409 e. The summed E-state index contributed by atoms with van der Waals surface area (Å²) in [4.78, 5) is 2.38. The quantitative estimate of drug-likeness (QED) is 0.351. The van der Waals surface area contributed by atoms with Crippen LogP contribution in [0.3, 0.4) is 0 Å². The summed E-state index contributed by atoms with van der Waals surface area (Å²) in [5.41, 5.74) is 7.47. The van der Waals surface area contributed by atoms with Crippen LogP contribution < -0.4 is 10.6 Å². The van der Waals surface area contributed by atoms with Gasteiger partial charge in [-0.05, 0) is 44.0 Å². The van der Waals surface area contributed by atoms with E-state index in [0.717, 1.165) is 12.1 Å². The Morgan fingerprint density at radius 3 is 2.50 bits per heavy atom. The van der Waals surface area contributed by atoms with Crippen LogP contribution in [0, 0.1) is 0 Å². The van der Waals surface area contributed by atoms with E-state index in [0.29, 0.717) is 6.04 Å². The predicted molar refractivity (Wildman–Crippen MR) is 65.0 cm³/mol. The van der Waals surface area contributed by atoms with E-state index in [9.17, 15) is 0 Å². The molecule has 0 radical (unpaired) electrons. The summed E-state index contributed by atoms with van der Waals surface area (Å²) in [6, 6.07) is 8.52. The highest BCUT2D eigenvalue weighted by atomic mass is 16.4. The van der Waals surface area contributed by atoms with Crippen LogP contribution in [0.1, 0.15) is 25.3 Å². The maximum Gasteiger partial charge on any atom is 0.170 e. The van der Waals surface area contributed by atoms with E-state index in [4.69, 9.17) is 10.9 Å². The van der Waals surface area contributed by atoms with E-state index in [2.05, 4.69) is 17.0 Å². The Labute approximate surface area is 95.4 Å². The van der Waals surface area contributed by atoms with E-state index < -0.39 is 0 Å². The highest BCUT2D eigenvalue weighted by Crippen LogP contribution is 2.31. The van der Waals surface area contributed by atoms with E-state index in [1.54, 1.807) is 0 Å². The van der Waals surface area contributed by atoms with Crippen molar-refractivity contribution in [2.24, 2.45) is 10.9 Å². The molecule has 1 saturated carbocycles. The number of hydrogen-bond donors (Lipinski definition) is 2. The Kier molecular flexibility index (Phi) is 2.99. The predicted octanol–water partition coefficient (Wildman–Crippen LogP) is 1.77. The van der Waals surface area contributed by atoms with Gasteiger partial charge in [0, 0.05) is 23.8 Å². The van der Waals surface area contributed by atoms with Gasteiger partial charge in [0.15, 0.2) is 5.84 Å². The van der Waals surface area contributed by atoms with E-state index in [1.165, 1.54) is 18.5 Å². The average molecular weight is 219 g/mol. The lowest BCUT2D eigenvalue weighted by atomic mass is 10.2. The molecule has 4 nitrogen and oxygen atoms in total. The standard InChI is InChI=1S/C12H17N3O/c1-2-15(11-7-8-11)10-5-3-9(4-6-10)12(13)14-16/h3-6,11,16H,2,7-8H2,1H3,(H2,13,14). The van der Waals surface area contributed by atoms with Crippen LogP contribution in [0.5, 0.6) is 0 Å². The molecule has 2 rings (SSSR count). The topological polar surface area (TPSA) is 61.8 Å². The van der Waals surface area contributed by atoms with Gasteiger partial charge in [-0.3, -0.25) is 0 Å². The second kappa shape index (κ2) is 4.43. The van der Waals surface area contributed by atoms with Gasteiger partial charge in [0.25, 0.3) is 0 Å². The number of nitrogens with two attached hydrogens (primary N) is 1. The molecular formula is C12H17N3O. The van der Waals surface area contributed by atoms with Crippen LogP contribution in [0.25, 0.3) is 0 Å². The van der Waals surface area contributed by atoms with Crippen molar-refractivity contribution in [1.82, 2.24) is 0 Å². The Morgan fingerprint density at radius 1 is 1.44 bits per heavy atom. The molecule has 0 bridgehead atoms. The fourth-order valence-corrected chi connectivity index (χ4v) is 1.92. The average Bonchev–Trinajstić information content (AvgIpc) is 3.14. The molecule has 0 aromatic heterocycles. The zero-order chi connectivity index (χ0) is 11.5. The summed E-state index contributed by atoms with van der Waals surface area (Å²) < 4.78 is 0. The summed E-state index contributed by atoms with van der Waals surface area (Å²) in [6.07, 6.45) is 2.58. The van der Waals surface area contributed by atoms with Gasteiger partial charge >= 0.3 is 0 Å². The Balaban J connectivity index is 2.17. The largest absolute Gasteiger partial charge is 0.409 e. The molecule has 0 saturated heterocycles. The van der Waals surface area contributed by atoms with Crippen LogP contribution >= 0.6 is 0 Å². The van der Waals surface area contributed by atoms with Crippen LogP contribution in [0.15, 0.2) is 29.4 Å². The number of nitrogens with zero attached hydrogens (tertiary/aromatic N) is 2. The molecule has 0 unspecified atom stereocenters. The van der Waals surface area contributed by atoms with E-state index in [1.807, 2.05) is 24.3 Å². The van der Waals surface area contributed by atoms with Gasteiger partial charge < -0.3 is 15.8 Å². The molecule has 0 atom stereocenters. The minimum absolute atomic E-state index is 0.154. The van der Waals surface area contributed by atoms with E-state index in [-0.39, 0.29) is 5.84 Å². The van der Waals surface area contributed by atoms with Crippen molar-refractivity contribution in [3.63, 3.8) is 0 Å². The Bertz CT molecular complexity index is 382. The summed E-state index contributed by atoms with van der Waals surface area (Å²) >= 11 is 0. The molecule has 1 aliphatic carbocycles. The summed E-state index contributed by atoms with van der Waals surface area (Å²) in [6.45, 7) is 3.18. The van der Waals surface area contributed by atoms with Gasteiger partial charge in [-0.15, -0.1) is 0 Å². The molecule has 1 aromatic rings. The molecule has 16 heavy (non-hydrogen) atoms. The number of anilines is 1. The molecule has 0 spiro atoms. The maximum atomic E-state index is 8.56. The van der Waals surface area contributed by atoms with Crippen LogP contribution in [0.4, 0.5) is 5.69 Å². The third kappa shape index (κ3) is 2.10. The molecule has 0 heterocycles. The van der Waals surface area contributed by atoms with Crippen molar-refractivity contribution < 1.29 is 5.21 Å². The zero-order valence-corrected chi connectivity index (χ0v) is 9.43. The zero-order valence-electron chi connectivity index (χ0n) is 9.43. The number of rotatable bonds is 4. The third-order valence-corrected chi connectivity index (χ3v) is 2.93. The number of benzene rings is 1. The van der Waals surface area contributed by atoms with Gasteiger partial charge in [0.2, 0.25) is 0 Å². The monoisotopic (exact) mass is 219 g/mol. The highest BCUT2D eigenvalue weighted by Gasteiger charge is 2.27. The minimum atomic E-state index is 0.154. The first-order valence-corrected chi connectivity index (χ1v) is 5.61. The Morgan fingerprint density at radius 2 is 2.06 bits per heavy atom. The normalized spacial score (nSPS) is 16.2. The molecule has 1 aliphatic rings. The fraction of sp³-hybridized carbons (Fsp3) is 0.417. The van der Waals surface area contributed by atoms with Crippen molar-refractivity contribution in [3.8, 4) is 0 Å². The fourth-order valence-electron chi connectivity index (χ4n) is 1.92. The SMILES string of the molecule is CCN(c1ccc(/C(N)=N/O)cc1)C1CC1. The Hall–Kier alpha value is -1.71. The first-order valence-electron chi connectivity index (χ1n) is 5.61. The van der Waals surface area contributed by atoms with Gasteiger partial charge in [0.05, 0.1) is 0 Å². The smallest absolute Gasteiger partial charge is 0.170 e. The van der Waals surface area contributed by atoms with Gasteiger partial charge in [0.1, 0.15) is 0 Å². The molecule has 1 fully saturated rings. The highest BCUT2D eigenvalue weighted by molar-refractivity contribution is 5.97. The second-order valence-electron chi connectivity index (χ2n) is 4.05. The molecule has 0 amide bonds. The maximum absolute atomic E-state index is 8.56. The van der Waals surface area contributed by atoms with Crippen molar-refractivity contribution >= 4 is 11.5 Å². The summed E-state index contributed by atoms with van der Waals surface area (Å²) in [5, 5.41) is 11.5. The summed E-state index contributed by atoms with van der Waals surface area (Å²) in [7, 11) is 0. The van der Waals surface area contributed by atoms with Crippen molar-refractivity contribution in [2.75, 3.05) is 11.4 Å². The second-order valence-corrected chi connectivity index (χ2v) is 4.05. The van der Waals surface area contributed by atoms with Crippen molar-refractivity contribution in [1.29, 1.82) is 0 Å². The molecule has 1 aromatic carbocycles.